The van der Waals surface area contributed by atoms with E-state index in [4.69, 9.17) is 15.0 Å². The molecule has 1 aromatic heterocycles. The summed E-state index contributed by atoms with van der Waals surface area (Å²) in [5.74, 6) is 1.36. The zero-order valence-corrected chi connectivity index (χ0v) is 13.9. The van der Waals surface area contributed by atoms with Gasteiger partial charge in [0.25, 0.3) is 0 Å². The quantitative estimate of drug-likeness (QED) is 0.871. The molecule has 1 saturated carbocycles. The van der Waals surface area contributed by atoms with Gasteiger partial charge in [0.05, 0.1) is 12.6 Å². The van der Waals surface area contributed by atoms with Crippen LogP contribution in [0, 0.1) is 0 Å². The second kappa shape index (κ2) is 6.60. The normalized spacial score (nSPS) is 17.5. The molecule has 1 aromatic carbocycles. The number of amides is 1. The first-order valence-electron chi connectivity index (χ1n) is 8.10. The third-order valence-corrected chi connectivity index (χ3v) is 4.44. The molecule has 7 heteroatoms. The maximum atomic E-state index is 12.4. The van der Waals surface area contributed by atoms with Crippen LogP contribution in [-0.4, -0.2) is 28.7 Å². The number of hydrogen-bond donors (Lipinski definition) is 2. The van der Waals surface area contributed by atoms with Crippen LogP contribution in [0.5, 0.6) is 5.75 Å². The highest BCUT2D eigenvalue weighted by Crippen LogP contribution is 2.28. The molecule has 24 heavy (non-hydrogen) atoms. The van der Waals surface area contributed by atoms with Crippen molar-refractivity contribution in [2.24, 2.45) is 5.73 Å². The SMILES string of the molecule is COc1cccc(-c2noc(C(C)NC(=O)C3(N)CCCC3)n2)c1. The van der Waals surface area contributed by atoms with Gasteiger partial charge < -0.3 is 20.3 Å². The number of nitrogens with one attached hydrogen (secondary N) is 1. The molecule has 1 amide bonds. The van der Waals surface area contributed by atoms with Gasteiger partial charge in [-0.25, -0.2) is 0 Å². The van der Waals surface area contributed by atoms with Gasteiger partial charge in [-0.1, -0.05) is 30.1 Å². The molecule has 1 unspecified atom stereocenters. The van der Waals surface area contributed by atoms with E-state index >= 15 is 0 Å². The van der Waals surface area contributed by atoms with Gasteiger partial charge in [-0.3, -0.25) is 4.79 Å². The summed E-state index contributed by atoms with van der Waals surface area (Å²) < 4.78 is 10.5. The number of nitrogens with two attached hydrogens (primary N) is 1. The zero-order chi connectivity index (χ0) is 17.2. The van der Waals surface area contributed by atoms with Crippen LogP contribution in [0.15, 0.2) is 28.8 Å². The Morgan fingerprint density at radius 3 is 2.88 bits per heavy atom. The summed E-state index contributed by atoms with van der Waals surface area (Å²) >= 11 is 0. The van der Waals surface area contributed by atoms with Crippen LogP contribution in [0.4, 0.5) is 0 Å². The van der Waals surface area contributed by atoms with Crippen molar-refractivity contribution in [1.82, 2.24) is 15.5 Å². The summed E-state index contributed by atoms with van der Waals surface area (Å²) in [5.41, 5.74) is 6.18. The van der Waals surface area contributed by atoms with Crippen LogP contribution in [0.1, 0.15) is 44.5 Å². The van der Waals surface area contributed by atoms with Gasteiger partial charge in [0.1, 0.15) is 11.8 Å². The molecule has 7 nitrogen and oxygen atoms in total. The fourth-order valence-corrected chi connectivity index (χ4v) is 2.93. The topological polar surface area (TPSA) is 103 Å². The summed E-state index contributed by atoms with van der Waals surface area (Å²) in [7, 11) is 1.60. The average Bonchev–Trinajstić information content (AvgIpc) is 3.25. The van der Waals surface area contributed by atoms with Crippen LogP contribution in [0.3, 0.4) is 0 Å². The van der Waals surface area contributed by atoms with E-state index in [1.54, 1.807) is 14.0 Å². The zero-order valence-electron chi connectivity index (χ0n) is 13.9. The minimum Gasteiger partial charge on any atom is -0.497 e. The molecule has 2 aromatic rings. The van der Waals surface area contributed by atoms with Crippen molar-refractivity contribution in [3.05, 3.63) is 30.2 Å². The number of hydrogen-bond acceptors (Lipinski definition) is 6. The summed E-state index contributed by atoms with van der Waals surface area (Å²) in [6, 6.07) is 6.99. The molecule has 1 atom stereocenters. The lowest BCUT2D eigenvalue weighted by molar-refractivity contribution is -0.127. The number of rotatable bonds is 5. The first-order chi connectivity index (χ1) is 11.5. The van der Waals surface area contributed by atoms with E-state index in [2.05, 4.69) is 15.5 Å². The Hall–Kier alpha value is -2.41. The highest BCUT2D eigenvalue weighted by molar-refractivity contribution is 5.86. The molecule has 0 radical (unpaired) electrons. The van der Waals surface area contributed by atoms with E-state index in [0.29, 0.717) is 30.3 Å². The maximum Gasteiger partial charge on any atom is 0.249 e. The fraction of sp³-hybridized carbons (Fsp3) is 0.471. The number of ether oxygens (including phenoxy) is 1. The predicted octanol–water partition coefficient (Wildman–Crippen LogP) is 2.19. The molecule has 0 bridgehead atoms. The first-order valence-corrected chi connectivity index (χ1v) is 8.10. The van der Waals surface area contributed by atoms with Gasteiger partial charge in [-0.05, 0) is 31.9 Å². The van der Waals surface area contributed by atoms with Gasteiger partial charge in [0, 0.05) is 5.56 Å². The van der Waals surface area contributed by atoms with E-state index in [1.165, 1.54) is 0 Å². The molecule has 3 N–H and O–H groups in total. The summed E-state index contributed by atoms with van der Waals surface area (Å²) in [6.45, 7) is 1.80. The molecule has 128 valence electrons. The predicted molar refractivity (Wildman–Crippen MR) is 88.2 cm³/mol. The highest BCUT2D eigenvalue weighted by atomic mass is 16.5. The summed E-state index contributed by atoms with van der Waals surface area (Å²) in [4.78, 5) is 16.7. The standard InChI is InChI=1S/C17H22N4O3/c1-11(19-16(22)17(18)8-3-4-9-17)15-20-14(21-24-15)12-6-5-7-13(10-12)23-2/h5-7,10-11H,3-4,8-9,18H2,1-2H3,(H,19,22). The molecule has 1 aliphatic carbocycles. The van der Waals surface area contributed by atoms with Crippen molar-refractivity contribution in [3.63, 3.8) is 0 Å². The highest BCUT2D eigenvalue weighted by Gasteiger charge is 2.38. The number of nitrogens with zero attached hydrogens (tertiary/aromatic N) is 2. The Kier molecular flexibility index (Phi) is 4.53. The van der Waals surface area contributed by atoms with E-state index in [0.717, 1.165) is 18.4 Å². The van der Waals surface area contributed by atoms with E-state index in [1.807, 2.05) is 24.3 Å². The van der Waals surface area contributed by atoms with Gasteiger partial charge in [0.2, 0.25) is 17.6 Å². The third kappa shape index (κ3) is 3.26. The van der Waals surface area contributed by atoms with E-state index in [9.17, 15) is 4.79 Å². The average molecular weight is 330 g/mol. The molecular weight excluding hydrogens is 308 g/mol. The second-order valence-corrected chi connectivity index (χ2v) is 6.25. The Morgan fingerprint density at radius 1 is 1.42 bits per heavy atom. The van der Waals surface area contributed by atoms with Crippen LogP contribution in [0.2, 0.25) is 0 Å². The van der Waals surface area contributed by atoms with E-state index in [-0.39, 0.29) is 5.91 Å². The fourth-order valence-electron chi connectivity index (χ4n) is 2.93. The minimum absolute atomic E-state index is 0.159. The lowest BCUT2D eigenvalue weighted by Crippen LogP contribution is -2.52. The lowest BCUT2D eigenvalue weighted by atomic mass is 9.98. The van der Waals surface area contributed by atoms with Gasteiger partial charge in [-0.2, -0.15) is 4.98 Å². The number of methoxy groups -OCH3 is 1. The van der Waals surface area contributed by atoms with Crippen molar-refractivity contribution in [2.45, 2.75) is 44.2 Å². The lowest BCUT2D eigenvalue weighted by Gasteiger charge is -2.23. The van der Waals surface area contributed by atoms with Crippen molar-refractivity contribution in [1.29, 1.82) is 0 Å². The van der Waals surface area contributed by atoms with Crippen LogP contribution >= 0.6 is 0 Å². The monoisotopic (exact) mass is 330 g/mol. The Morgan fingerprint density at radius 2 is 2.17 bits per heavy atom. The number of carbonyl (C=O) groups is 1. The molecule has 1 fully saturated rings. The van der Waals surface area contributed by atoms with Crippen molar-refractivity contribution >= 4 is 5.91 Å². The minimum atomic E-state index is -0.774. The number of carbonyl (C=O) groups excluding carboxylic acids is 1. The molecule has 1 aliphatic rings. The smallest absolute Gasteiger partial charge is 0.249 e. The largest absolute Gasteiger partial charge is 0.497 e. The molecule has 1 heterocycles. The molecule has 0 aliphatic heterocycles. The van der Waals surface area contributed by atoms with Crippen LogP contribution in [0.25, 0.3) is 11.4 Å². The second-order valence-electron chi connectivity index (χ2n) is 6.25. The summed E-state index contributed by atoms with van der Waals surface area (Å²) in [6.07, 6.45) is 3.40. The Bertz CT molecular complexity index is 722. The van der Waals surface area contributed by atoms with Crippen molar-refractivity contribution < 1.29 is 14.1 Å². The summed E-state index contributed by atoms with van der Waals surface area (Å²) in [5, 5.41) is 6.86. The van der Waals surface area contributed by atoms with Gasteiger partial charge >= 0.3 is 0 Å². The Balaban J connectivity index is 1.71. The van der Waals surface area contributed by atoms with Crippen LogP contribution in [-0.2, 0) is 4.79 Å². The molecule has 0 saturated heterocycles. The van der Waals surface area contributed by atoms with Crippen molar-refractivity contribution in [2.75, 3.05) is 7.11 Å². The third-order valence-electron chi connectivity index (χ3n) is 4.44. The molecular formula is C17H22N4O3. The van der Waals surface area contributed by atoms with Gasteiger partial charge in [-0.15, -0.1) is 0 Å². The Labute approximate surface area is 140 Å². The first kappa shape index (κ1) is 16.4. The van der Waals surface area contributed by atoms with Crippen LogP contribution < -0.4 is 15.8 Å². The van der Waals surface area contributed by atoms with Crippen molar-refractivity contribution in [3.8, 4) is 17.1 Å². The molecule has 0 spiro atoms. The van der Waals surface area contributed by atoms with Gasteiger partial charge in [0.15, 0.2) is 0 Å². The number of benzene rings is 1. The maximum absolute atomic E-state index is 12.4. The van der Waals surface area contributed by atoms with E-state index < -0.39 is 11.6 Å². The number of aromatic nitrogens is 2. The molecule has 3 rings (SSSR count).